The monoisotopic (exact) mass is 328 g/mol. The molecule has 0 bridgehead atoms. The van der Waals surface area contributed by atoms with Crippen LogP contribution in [0.25, 0.3) is 0 Å². The van der Waals surface area contributed by atoms with Gasteiger partial charge in [-0.1, -0.05) is 0 Å². The predicted molar refractivity (Wildman–Crippen MR) is 79.9 cm³/mol. The van der Waals surface area contributed by atoms with Crippen molar-refractivity contribution in [2.45, 2.75) is 44.2 Å². The van der Waals surface area contributed by atoms with Crippen LogP contribution in [-0.2, 0) is 26.1 Å². The van der Waals surface area contributed by atoms with Crippen molar-refractivity contribution >= 4 is 16.0 Å². The first-order valence-corrected chi connectivity index (χ1v) is 8.65. The third-order valence-corrected chi connectivity index (χ3v) is 5.21. The number of sulfonamides is 1. The zero-order valence-corrected chi connectivity index (χ0v) is 13.5. The zero-order valence-electron chi connectivity index (χ0n) is 12.7. The van der Waals surface area contributed by atoms with Gasteiger partial charge in [-0.25, -0.2) is 8.42 Å². The molecule has 0 saturated carbocycles. The molecule has 1 aliphatic rings. The number of pyridine rings is 1. The van der Waals surface area contributed by atoms with Gasteiger partial charge < -0.3 is 9.30 Å². The standard InChI is InChI=1S/C14H20N2O5S/c1-11(2)21-14(18)10-15-9-12(5-6-13(15)17)22(19,20)16-7-3-4-8-16/h5-6,9,11H,3-4,7-8,10H2,1-2H3. The largest absolute Gasteiger partial charge is 0.462 e. The molecular weight excluding hydrogens is 308 g/mol. The Morgan fingerprint density at radius 3 is 2.50 bits per heavy atom. The summed E-state index contributed by atoms with van der Waals surface area (Å²) in [5.41, 5.74) is -0.443. The highest BCUT2D eigenvalue weighted by Gasteiger charge is 2.27. The molecule has 22 heavy (non-hydrogen) atoms. The summed E-state index contributed by atoms with van der Waals surface area (Å²) in [5.74, 6) is -0.576. The minimum atomic E-state index is -3.62. The second kappa shape index (κ2) is 6.62. The molecular formula is C14H20N2O5S. The van der Waals surface area contributed by atoms with E-state index >= 15 is 0 Å². The normalized spacial score (nSPS) is 16.1. The highest BCUT2D eigenvalue weighted by Crippen LogP contribution is 2.19. The number of carbonyl (C=O) groups is 1. The molecule has 0 aromatic carbocycles. The minimum absolute atomic E-state index is 0.0198. The van der Waals surface area contributed by atoms with Crippen molar-refractivity contribution in [1.82, 2.24) is 8.87 Å². The number of hydrogen-bond donors (Lipinski definition) is 0. The SMILES string of the molecule is CC(C)OC(=O)Cn1cc(S(=O)(=O)N2CCCC2)ccc1=O. The highest BCUT2D eigenvalue weighted by atomic mass is 32.2. The zero-order chi connectivity index (χ0) is 16.3. The Balaban J connectivity index is 2.26. The smallest absolute Gasteiger partial charge is 0.326 e. The molecule has 2 rings (SSSR count). The predicted octanol–water partition coefficient (Wildman–Crippen LogP) is 0.584. The van der Waals surface area contributed by atoms with Crippen LogP contribution in [-0.4, -0.2) is 42.5 Å². The third kappa shape index (κ3) is 3.75. The summed E-state index contributed by atoms with van der Waals surface area (Å²) in [5, 5.41) is 0. The first-order chi connectivity index (χ1) is 10.3. The fourth-order valence-electron chi connectivity index (χ4n) is 2.30. The van der Waals surface area contributed by atoms with Crippen LogP contribution >= 0.6 is 0 Å². The summed E-state index contributed by atoms with van der Waals surface area (Å²) in [6.07, 6.45) is 2.58. The Bertz CT molecular complexity index is 702. The van der Waals surface area contributed by atoms with Crippen LogP contribution in [0.1, 0.15) is 26.7 Å². The van der Waals surface area contributed by atoms with E-state index in [0.29, 0.717) is 13.1 Å². The minimum Gasteiger partial charge on any atom is -0.462 e. The van der Waals surface area contributed by atoms with Gasteiger partial charge in [0.15, 0.2) is 0 Å². The van der Waals surface area contributed by atoms with E-state index in [9.17, 15) is 18.0 Å². The van der Waals surface area contributed by atoms with Crippen LogP contribution in [0.5, 0.6) is 0 Å². The van der Waals surface area contributed by atoms with Crippen LogP contribution in [0.4, 0.5) is 0 Å². The summed E-state index contributed by atoms with van der Waals surface area (Å²) in [6, 6.07) is 2.44. The summed E-state index contributed by atoms with van der Waals surface area (Å²) >= 11 is 0. The van der Waals surface area contributed by atoms with Crippen molar-refractivity contribution in [2.24, 2.45) is 0 Å². The van der Waals surface area contributed by atoms with Gasteiger partial charge in [0, 0.05) is 25.4 Å². The van der Waals surface area contributed by atoms with Gasteiger partial charge in [-0.3, -0.25) is 9.59 Å². The third-order valence-electron chi connectivity index (χ3n) is 3.33. The number of aromatic nitrogens is 1. The Hall–Kier alpha value is -1.67. The topological polar surface area (TPSA) is 85.7 Å². The van der Waals surface area contributed by atoms with E-state index in [-0.39, 0.29) is 17.5 Å². The van der Waals surface area contributed by atoms with Crippen molar-refractivity contribution in [1.29, 1.82) is 0 Å². The number of ether oxygens (including phenoxy) is 1. The van der Waals surface area contributed by atoms with Crippen LogP contribution < -0.4 is 5.56 Å². The van der Waals surface area contributed by atoms with Gasteiger partial charge in [0.05, 0.1) is 11.0 Å². The van der Waals surface area contributed by atoms with E-state index in [1.54, 1.807) is 13.8 Å². The van der Waals surface area contributed by atoms with Gasteiger partial charge in [0.25, 0.3) is 5.56 Å². The van der Waals surface area contributed by atoms with Crippen LogP contribution in [0.15, 0.2) is 28.0 Å². The fourth-order valence-corrected chi connectivity index (χ4v) is 3.84. The molecule has 1 fully saturated rings. The summed E-state index contributed by atoms with van der Waals surface area (Å²) in [4.78, 5) is 23.5. The molecule has 1 aliphatic heterocycles. The van der Waals surface area contributed by atoms with Gasteiger partial charge in [0.2, 0.25) is 10.0 Å². The second-order valence-electron chi connectivity index (χ2n) is 5.48. The highest BCUT2D eigenvalue weighted by molar-refractivity contribution is 7.89. The molecule has 0 N–H and O–H groups in total. The van der Waals surface area contributed by atoms with Crippen molar-refractivity contribution in [3.63, 3.8) is 0 Å². The van der Waals surface area contributed by atoms with E-state index in [1.165, 1.54) is 16.6 Å². The van der Waals surface area contributed by atoms with Crippen molar-refractivity contribution in [2.75, 3.05) is 13.1 Å². The number of carbonyl (C=O) groups excluding carboxylic acids is 1. The molecule has 0 amide bonds. The van der Waals surface area contributed by atoms with E-state index in [2.05, 4.69) is 0 Å². The quantitative estimate of drug-likeness (QED) is 0.738. The molecule has 7 nitrogen and oxygen atoms in total. The molecule has 122 valence electrons. The summed E-state index contributed by atoms with van der Waals surface area (Å²) < 4.78 is 32.3. The molecule has 1 aromatic rings. The first-order valence-electron chi connectivity index (χ1n) is 7.21. The van der Waals surface area contributed by atoms with Gasteiger partial charge in [-0.15, -0.1) is 0 Å². The molecule has 0 spiro atoms. The average Bonchev–Trinajstić information content (AvgIpc) is 2.94. The maximum Gasteiger partial charge on any atom is 0.326 e. The van der Waals surface area contributed by atoms with Gasteiger partial charge in [0.1, 0.15) is 6.54 Å². The maximum atomic E-state index is 12.5. The van der Waals surface area contributed by atoms with Crippen molar-refractivity contribution in [3.05, 3.63) is 28.7 Å². The Kier molecular flexibility index (Phi) is 5.02. The molecule has 0 radical (unpaired) electrons. The fraction of sp³-hybridized carbons (Fsp3) is 0.571. The average molecular weight is 328 g/mol. The Labute approximate surface area is 129 Å². The number of nitrogens with zero attached hydrogens (tertiary/aromatic N) is 2. The van der Waals surface area contributed by atoms with Gasteiger partial charge in [-0.2, -0.15) is 4.31 Å². The molecule has 0 atom stereocenters. The molecule has 1 saturated heterocycles. The molecule has 0 aliphatic carbocycles. The lowest BCUT2D eigenvalue weighted by atomic mass is 10.4. The number of esters is 1. The number of hydrogen-bond acceptors (Lipinski definition) is 5. The lowest BCUT2D eigenvalue weighted by molar-refractivity contribution is -0.148. The molecule has 0 unspecified atom stereocenters. The number of rotatable bonds is 5. The van der Waals surface area contributed by atoms with E-state index in [1.807, 2.05) is 0 Å². The van der Waals surface area contributed by atoms with E-state index in [4.69, 9.17) is 4.74 Å². The lowest BCUT2D eigenvalue weighted by Gasteiger charge is -2.16. The van der Waals surface area contributed by atoms with E-state index in [0.717, 1.165) is 23.5 Å². The van der Waals surface area contributed by atoms with Crippen LogP contribution in [0.2, 0.25) is 0 Å². The maximum absolute atomic E-state index is 12.5. The van der Waals surface area contributed by atoms with Gasteiger partial charge >= 0.3 is 5.97 Å². The molecule has 8 heteroatoms. The van der Waals surface area contributed by atoms with Crippen LogP contribution in [0, 0.1) is 0 Å². The van der Waals surface area contributed by atoms with Crippen molar-refractivity contribution in [3.8, 4) is 0 Å². The Morgan fingerprint density at radius 2 is 1.91 bits per heavy atom. The Morgan fingerprint density at radius 1 is 1.27 bits per heavy atom. The molecule has 2 heterocycles. The van der Waals surface area contributed by atoms with E-state index < -0.39 is 21.6 Å². The van der Waals surface area contributed by atoms with Gasteiger partial charge in [-0.05, 0) is 32.8 Å². The first kappa shape index (κ1) is 16.7. The summed E-state index contributed by atoms with van der Waals surface area (Å²) in [6.45, 7) is 4.07. The molecule has 1 aromatic heterocycles. The second-order valence-corrected chi connectivity index (χ2v) is 7.42. The van der Waals surface area contributed by atoms with Crippen molar-refractivity contribution < 1.29 is 17.9 Å². The summed E-state index contributed by atoms with van der Waals surface area (Å²) in [7, 11) is -3.62. The van der Waals surface area contributed by atoms with Crippen LogP contribution in [0.3, 0.4) is 0 Å². The lowest BCUT2D eigenvalue weighted by Crippen LogP contribution is -2.31.